The maximum atomic E-state index is 12.8. The highest BCUT2D eigenvalue weighted by Gasteiger charge is 2.22. The maximum Gasteiger partial charge on any atom is 0.306 e. The zero-order valence-corrected chi connectivity index (χ0v) is 53.7. The molecule has 0 aliphatic carbocycles. The van der Waals surface area contributed by atoms with Gasteiger partial charge in [0.05, 0.1) is 27.7 Å². The van der Waals surface area contributed by atoms with Gasteiger partial charge in [0.25, 0.3) is 7.82 Å². The number of rotatable bonds is 61. The zero-order chi connectivity index (χ0) is 58.4. The second kappa shape index (κ2) is 60.8. The van der Waals surface area contributed by atoms with E-state index in [0.29, 0.717) is 17.4 Å². The number of esters is 2. The molecule has 0 aromatic rings. The Hall–Kier alpha value is -2.81. The number of hydrogen-bond acceptors (Lipinski definition) is 8. The topological polar surface area (TPSA) is 111 Å². The van der Waals surface area contributed by atoms with Gasteiger partial charge in [-0.3, -0.25) is 14.2 Å². The van der Waals surface area contributed by atoms with E-state index in [1.54, 1.807) is 0 Å². The van der Waals surface area contributed by atoms with Crippen LogP contribution in [-0.4, -0.2) is 70.0 Å². The molecule has 0 aromatic carbocycles. The number of carbonyl (C=O) groups is 2. The molecule has 0 radical (unpaired) electrons. The summed E-state index contributed by atoms with van der Waals surface area (Å²) >= 11 is 0. The van der Waals surface area contributed by atoms with Crippen LogP contribution in [0.25, 0.3) is 0 Å². The number of allylic oxidation sites excluding steroid dienone is 14. The van der Waals surface area contributed by atoms with Crippen LogP contribution >= 0.6 is 7.82 Å². The first kappa shape index (κ1) is 77.2. The Morgan fingerprint density at radius 2 is 0.713 bits per heavy atom. The van der Waals surface area contributed by atoms with Crippen LogP contribution in [0, 0.1) is 0 Å². The van der Waals surface area contributed by atoms with Crippen molar-refractivity contribution in [2.45, 2.75) is 302 Å². The second-order valence-corrected chi connectivity index (χ2v) is 24.9. The minimum absolute atomic E-state index is 0.0368. The van der Waals surface area contributed by atoms with Crippen molar-refractivity contribution in [3.05, 3.63) is 85.1 Å². The fourth-order valence-corrected chi connectivity index (χ4v) is 10.0. The first-order valence-corrected chi connectivity index (χ1v) is 34.8. The highest BCUT2D eigenvalue weighted by Crippen LogP contribution is 2.38. The molecule has 0 spiro atoms. The SMILES string of the molecule is CC/C=C\C/C=C\C/C=C\C/C=C\C/C=C\C/C=C\CCCCCCCCC(=O)OC(COC(=O)CCCCCCCCCCCCCCCCCCCCC/C=C\CCCCCCCCCC)COP(=O)([O-])OCC[N+](C)(C)C. The van der Waals surface area contributed by atoms with Crippen LogP contribution < -0.4 is 4.89 Å². The number of likely N-dealkylation sites (N-methyl/N-ethyl adjacent to an activating group) is 1. The van der Waals surface area contributed by atoms with Crippen LogP contribution in [0.15, 0.2) is 85.1 Å². The van der Waals surface area contributed by atoms with Crippen molar-refractivity contribution in [2.24, 2.45) is 0 Å². The van der Waals surface area contributed by atoms with Crippen LogP contribution in [0.5, 0.6) is 0 Å². The van der Waals surface area contributed by atoms with Gasteiger partial charge in [0.2, 0.25) is 0 Å². The average Bonchev–Trinajstić information content (AvgIpc) is 3.42. The molecule has 2 unspecified atom stereocenters. The fraction of sp³-hybridized carbons (Fsp3) is 0.771. The van der Waals surface area contributed by atoms with E-state index in [1.165, 1.54) is 167 Å². The summed E-state index contributed by atoms with van der Waals surface area (Å²) in [4.78, 5) is 38.0. The predicted octanol–water partition coefficient (Wildman–Crippen LogP) is 20.7. The number of quaternary nitrogens is 1. The second-order valence-electron chi connectivity index (χ2n) is 23.5. The quantitative estimate of drug-likeness (QED) is 0.0195. The van der Waals surface area contributed by atoms with Crippen molar-refractivity contribution >= 4 is 19.8 Å². The number of unbranched alkanes of at least 4 members (excludes halogenated alkanes) is 33. The van der Waals surface area contributed by atoms with Gasteiger partial charge in [-0.05, 0) is 89.9 Å². The van der Waals surface area contributed by atoms with E-state index in [4.69, 9.17) is 18.5 Å². The summed E-state index contributed by atoms with van der Waals surface area (Å²) < 4.78 is 34.3. The van der Waals surface area contributed by atoms with Crippen LogP contribution in [0.2, 0.25) is 0 Å². The zero-order valence-electron chi connectivity index (χ0n) is 52.8. The molecule has 10 heteroatoms. The number of nitrogens with zero attached hydrogens (tertiary/aromatic N) is 1. The van der Waals surface area contributed by atoms with Crippen LogP contribution in [-0.2, 0) is 32.7 Å². The lowest BCUT2D eigenvalue weighted by atomic mass is 10.0. The molecule has 0 amide bonds. The van der Waals surface area contributed by atoms with E-state index in [-0.39, 0.29) is 32.0 Å². The van der Waals surface area contributed by atoms with Gasteiger partial charge in [0, 0.05) is 12.8 Å². The summed E-state index contributed by atoms with van der Waals surface area (Å²) in [6, 6.07) is 0. The molecule has 464 valence electrons. The van der Waals surface area contributed by atoms with E-state index in [0.717, 1.165) is 96.3 Å². The van der Waals surface area contributed by atoms with Gasteiger partial charge in [-0.15, -0.1) is 0 Å². The van der Waals surface area contributed by atoms with Crippen molar-refractivity contribution in [2.75, 3.05) is 47.5 Å². The molecule has 0 saturated heterocycles. The van der Waals surface area contributed by atoms with E-state index in [9.17, 15) is 19.0 Å². The Morgan fingerprint density at radius 1 is 0.400 bits per heavy atom. The van der Waals surface area contributed by atoms with E-state index in [2.05, 4.69) is 98.9 Å². The standard InChI is InChI=1S/C70H126NO8P/c1-6-8-10-12-14-16-18-20-22-24-26-28-30-32-33-34-35-36-37-39-40-42-44-46-48-50-52-54-56-58-60-62-69(72)76-66-68(67-78-80(74,75)77-65-64-71(3,4)5)79-70(73)63-61-59-57-55-53-51-49-47-45-43-41-38-31-29-27-25-23-21-19-17-15-13-11-9-7-2/h9,11,15,17,21,23-24,26-27,29,38,41,45,47,68H,6-8,10,12-14,16,18-20,22,25,28,30-37,39-40,42-44,46,48-67H2,1-5H3/b11-9-,17-15-,23-21-,26-24-,29-27-,41-38-,47-45-. The largest absolute Gasteiger partial charge is 0.756 e. The first-order chi connectivity index (χ1) is 39.0. The summed E-state index contributed by atoms with van der Waals surface area (Å²) in [5.74, 6) is -0.844. The van der Waals surface area contributed by atoms with Crippen molar-refractivity contribution in [1.29, 1.82) is 0 Å². The van der Waals surface area contributed by atoms with Gasteiger partial charge >= 0.3 is 11.9 Å². The van der Waals surface area contributed by atoms with Gasteiger partial charge in [-0.2, -0.15) is 0 Å². The Balaban J connectivity index is 4.08. The number of carbonyl (C=O) groups excluding carboxylic acids is 2. The lowest BCUT2D eigenvalue weighted by molar-refractivity contribution is -0.870. The molecule has 0 fully saturated rings. The number of phosphoric acid groups is 1. The Labute approximate surface area is 494 Å². The molecule has 9 nitrogen and oxygen atoms in total. The molecule has 0 saturated carbocycles. The molecule has 2 atom stereocenters. The lowest BCUT2D eigenvalue weighted by Crippen LogP contribution is -2.37. The summed E-state index contributed by atoms with van der Waals surface area (Å²) in [5, 5.41) is 0. The highest BCUT2D eigenvalue weighted by molar-refractivity contribution is 7.45. The molecule has 0 heterocycles. The molecular formula is C70H126NO8P. The normalized spacial score (nSPS) is 13.7. The summed E-state index contributed by atoms with van der Waals surface area (Å²) in [6.45, 7) is 4.14. The van der Waals surface area contributed by atoms with Gasteiger partial charge in [0.1, 0.15) is 19.8 Å². The lowest BCUT2D eigenvalue weighted by Gasteiger charge is -2.28. The molecule has 80 heavy (non-hydrogen) atoms. The van der Waals surface area contributed by atoms with Gasteiger partial charge < -0.3 is 27.9 Å². The Kier molecular flexibility index (Phi) is 58.6. The summed E-state index contributed by atoms with van der Waals surface area (Å²) in [7, 11) is 1.15. The molecule has 0 aliphatic rings. The van der Waals surface area contributed by atoms with E-state index < -0.39 is 26.5 Å². The molecule has 0 N–H and O–H groups in total. The first-order valence-electron chi connectivity index (χ1n) is 33.3. The molecule has 0 bridgehead atoms. The third-order valence-electron chi connectivity index (χ3n) is 14.4. The van der Waals surface area contributed by atoms with Gasteiger partial charge in [0.15, 0.2) is 6.10 Å². The number of phosphoric ester groups is 1. The molecule has 0 aromatic heterocycles. The molecule has 0 rings (SSSR count). The smallest absolute Gasteiger partial charge is 0.306 e. The van der Waals surface area contributed by atoms with Gasteiger partial charge in [-0.1, -0.05) is 279 Å². The predicted molar refractivity (Wildman–Crippen MR) is 342 cm³/mol. The van der Waals surface area contributed by atoms with Crippen LogP contribution in [0.1, 0.15) is 296 Å². The highest BCUT2D eigenvalue weighted by atomic mass is 31.2. The average molecular weight is 1140 g/mol. The van der Waals surface area contributed by atoms with Crippen molar-refractivity contribution in [1.82, 2.24) is 0 Å². The summed E-state index contributed by atoms with van der Waals surface area (Å²) in [6.07, 6.45) is 82.3. The van der Waals surface area contributed by atoms with E-state index >= 15 is 0 Å². The monoisotopic (exact) mass is 1140 g/mol. The fourth-order valence-electron chi connectivity index (χ4n) is 9.30. The minimum Gasteiger partial charge on any atom is -0.756 e. The minimum atomic E-state index is -4.65. The van der Waals surface area contributed by atoms with Crippen LogP contribution in [0.4, 0.5) is 0 Å². The van der Waals surface area contributed by atoms with Crippen molar-refractivity contribution < 1.29 is 42.1 Å². The number of hydrogen-bond donors (Lipinski definition) is 0. The Bertz CT molecular complexity index is 1630. The third kappa shape index (κ3) is 64.4. The summed E-state index contributed by atoms with van der Waals surface area (Å²) in [5.41, 5.74) is 0. The molecular weight excluding hydrogens is 1010 g/mol. The Morgan fingerprint density at radius 3 is 1.07 bits per heavy atom. The van der Waals surface area contributed by atoms with Crippen LogP contribution in [0.3, 0.4) is 0 Å². The number of ether oxygens (including phenoxy) is 2. The van der Waals surface area contributed by atoms with E-state index in [1.807, 2.05) is 21.1 Å². The van der Waals surface area contributed by atoms with Crippen molar-refractivity contribution in [3.63, 3.8) is 0 Å². The third-order valence-corrected chi connectivity index (χ3v) is 15.4. The maximum absolute atomic E-state index is 12.8. The molecule has 0 aliphatic heterocycles. The van der Waals surface area contributed by atoms with Gasteiger partial charge in [-0.25, -0.2) is 0 Å². The van der Waals surface area contributed by atoms with Crippen molar-refractivity contribution in [3.8, 4) is 0 Å².